The van der Waals surface area contributed by atoms with Crippen molar-refractivity contribution in [1.82, 2.24) is 0 Å². The maximum atomic E-state index is 12.8. The summed E-state index contributed by atoms with van der Waals surface area (Å²) < 4.78 is 0. The maximum absolute atomic E-state index is 12.8. The Morgan fingerprint density at radius 1 is 0.870 bits per heavy atom. The van der Waals surface area contributed by atoms with Crippen LogP contribution in [0.25, 0.3) is 0 Å². The number of carbonyl (C=O) groups is 1. The van der Waals surface area contributed by atoms with Gasteiger partial charge in [-0.15, -0.1) is 0 Å². The van der Waals surface area contributed by atoms with Crippen LogP contribution < -0.4 is 0 Å². The summed E-state index contributed by atoms with van der Waals surface area (Å²) in [6.45, 7) is 4.49. The molecule has 0 amide bonds. The molecule has 23 heavy (non-hydrogen) atoms. The van der Waals surface area contributed by atoms with Gasteiger partial charge in [0.25, 0.3) is 0 Å². The van der Waals surface area contributed by atoms with Crippen LogP contribution in [0.3, 0.4) is 0 Å². The lowest BCUT2D eigenvalue weighted by molar-refractivity contribution is 0.103. The number of hydrogen-bond donors (Lipinski definition) is 0. The number of rotatable bonds is 9. The molecule has 0 saturated heterocycles. The number of unbranched alkanes of at least 4 members (excludes halogenated alkanes) is 4. The van der Waals surface area contributed by atoms with Crippen molar-refractivity contribution in [3.63, 3.8) is 0 Å². The maximum Gasteiger partial charge on any atom is 0.193 e. The van der Waals surface area contributed by atoms with Crippen molar-refractivity contribution in [3.8, 4) is 0 Å². The second-order valence-electron chi connectivity index (χ2n) is 6.39. The van der Waals surface area contributed by atoms with E-state index in [1.54, 1.807) is 0 Å². The molecular weight excluding hydrogens is 280 g/mol. The van der Waals surface area contributed by atoms with Gasteiger partial charge in [0.2, 0.25) is 0 Å². The number of ketones is 1. The summed E-state index contributed by atoms with van der Waals surface area (Å²) in [4.78, 5) is 12.8. The van der Waals surface area contributed by atoms with Crippen LogP contribution in [0.2, 0.25) is 0 Å². The summed E-state index contributed by atoms with van der Waals surface area (Å²) in [5.74, 6) is 0.569. The molecule has 0 aliphatic rings. The first-order chi connectivity index (χ1) is 11.2. The summed E-state index contributed by atoms with van der Waals surface area (Å²) in [6.07, 6.45) is 7.64. The Morgan fingerprint density at radius 3 is 2.26 bits per heavy atom. The second kappa shape index (κ2) is 9.29. The van der Waals surface area contributed by atoms with Gasteiger partial charge in [0, 0.05) is 11.1 Å². The molecule has 2 rings (SSSR count). The minimum Gasteiger partial charge on any atom is -0.289 e. The van der Waals surface area contributed by atoms with Gasteiger partial charge in [-0.2, -0.15) is 0 Å². The minimum absolute atomic E-state index is 0.138. The van der Waals surface area contributed by atoms with Gasteiger partial charge < -0.3 is 0 Å². The van der Waals surface area contributed by atoms with Gasteiger partial charge in [-0.25, -0.2) is 0 Å². The van der Waals surface area contributed by atoms with E-state index in [1.165, 1.54) is 37.7 Å². The summed E-state index contributed by atoms with van der Waals surface area (Å²) in [5.41, 5.74) is 2.83. The Morgan fingerprint density at radius 2 is 1.52 bits per heavy atom. The van der Waals surface area contributed by atoms with Crippen molar-refractivity contribution >= 4 is 5.78 Å². The van der Waals surface area contributed by atoms with Gasteiger partial charge in [-0.3, -0.25) is 4.79 Å². The van der Waals surface area contributed by atoms with Gasteiger partial charge in [0.15, 0.2) is 5.78 Å². The molecule has 0 saturated carbocycles. The molecule has 1 heteroatoms. The van der Waals surface area contributed by atoms with Gasteiger partial charge >= 0.3 is 0 Å². The lowest BCUT2D eigenvalue weighted by Gasteiger charge is -2.16. The van der Waals surface area contributed by atoms with Gasteiger partial charge in [0.05, 0.1) is 0 Å². The Bertz CT molecular complexity index is 600. The van der Waals surface area contributed by atoms with Crippen LogP contribution in [0.15, 0.2) is 54.6 Å². The molecule has 0 aliphatic heterocycles. The SMILES string of the molecule is CCCCCCCC(C)c1ccccc1C(=O)c1ccccc1. The highest BCUT2D eigenvalue weighted by atomic mass is 16.1. The second-order valence-corrected chi connectivity index (χ2v) is 6.39. The molecular formula is C22H28O. The predicted octanol–water partition coefficient (Wildman–Crippen LogP) is 6.38. The van der Waals surface area contributed by atoms with E-state index in [0.717, 1.165) is 17.5 Å². The van der Waals surface area contributed by atoms with Crippen LogP contribution in [-0.4, -0.2) is 5.78 Å². The van der Waals surface area contributed by atoms with Crippen molar-refractivity contribution in [2.24, 2.45) is 0 Å². The Balaban J connectivity index is 2.06. The van der Waals surface area contributed by atoms with Crippen LogP contribution in [-0.2, 0) is 0 Å². The van der Waals surface area contributed by atoms with Gasteiger partial charge in [0.1, 0.15) is 0 Å². The van der Waals surface area contributed by atoms with Gasteiger partial charge in [-0.05, 0) is 17.9 Å². The van der Waals surface area contributed by atoms with Crippen molar-refractivity contribution in [2.45, 2.75) is 58.3 Å². The molecule has 0 aliphatic carbocycles. The molecule has 0 N–H and O–H groups in total. The Hall–Kier alpha value is -1.89. The monoisotopic (exact) mass is 308 g/mol. The normalized spacial score (nSPS) is 12.1. The van der Waals surface area contributed by atoms with E-state index < -0.39 is 0 Å². The lowest BCUT2D eigenvalue weighted by atomic mass is 9.88. The number of hydrogen-bond acceptors (Lipinski definition) is 1. The molecule has 2 aromatic rings. The van der Waals surface area contributed by atoms with Gasteiger partial charge in [-0.1, -0.05) is 101 Å². The van der Waals surface area contributed by atoms with Crippen LogP contribution in [0.5, 0.6) is 0 Å². The highest BCUT2D eigenvalue weighted by molar-refractivity contribution is 6.10. The molecule has 1 nitrogen and oxygen atoms in total. The van der Waals surface area contributed by atoms with Crippen LogP contribution in [0, 0.1) is 0 Å². The molecule has 0 bridgehead atoms. The summed E-state index contributed by atoms with van der Waals surface area (Å²) in [7, 11) is 0. The number of benzene rings is 2. The van der Waals surface area contributed by atoms with Crippen LogP contribution >= 0.6 is 0 Å². The predicted molar refractivity (Wildman–Crippen MR) is 98.1 cm³/mol. The average molecular weight is 308 g/mol. The molecule has 122 valence electrons. The molecule has 0 spiro atoms. The molecule has 0 fully saturated rings. The van der Waals surface area contributed by atoms with E-state index in [2.05, 4.69) is 19.9 Å². The summed E-state index contributed by atoms with van der Waals surface area (Å²) in [5, 5.41) is 0. The molecule has 1 unspecified atom stereocenters. The van der Waals surface area contributed by atoms with E-state index in [1.807, 2.05) is 48.5 Å². The fourth-order valence-electron chi connectivity index (χ4n) is 3.09. The highest BCUT2D eigenvalue weighted by Gasteiger charge is 2.16. The summed E-state index contributed by atoms with van der Waals surface area (Å²) >= 11 is 0. The fraction of sp³-hybridized carbons (Fsp3) is 0.409. The lowest BCUT2D eigenvalue weighted by Crippen LogP contribution is -2.07. The largest absolute Gasteiger partial charge is 0.289 e. The highest BCUT2D eigenvalue weighted by Crippen LogP contribution is 2.27. The Kier molecular flexibility index (Phi) is 7.06. The Labute approximate surface area is 140 Å². The molecule has 2 aromatic carbocycles. The smallest absolute Gasteiger partial charge is 0.193 e. The molecule has 1 atom stereocenters. The average Bonchev–Trinajstić information content (AvgIpc) is 2.61. The van der Waals surface area contributed by atoms with Crippen molar-refractivity contribution in [3.05, 3.63) is 71.3 Å². The van der Waals surface area contributed by atoms with Crippen molar-refractivity contribution in [1.29, 1.82) is 0 Å². The van der Waals surface area contributed by atoms with E-state index in [0.29, 0.717) is 5.92 Å². The van der Waals surface area contributed by atoms with Crippen molar-refractivity contribution < 1.29 is 4.79 Å². The molecule has 0 heterocycles. The molecule has 0 radical (unpaired) electrons. The van der Waals surface area contributed by atoms with E-state index >= 15 is 0 Å². The first-order valence-electron chi connectivity index (χ1n) is 8.92. The minimum atomic E-state index is 0.138. The zero-order chi connectivity index (χ0) is 16.5. The van der Waals surface area contributed by atoms with E-state index in [4.69, 9.17) is 0 Å². The zero-order valence-corrected chi connectivity index (χ0v) is 14.4. The van der Waals surface area contributed by atoms with Crippen molar-refractivity contribution in [2.75, 3.05) is 0 Å². The topological polar surface area (TPSA) is 17.1 Å². The summed E-state index contributed by atoms with van der Waals surface area (Å²) in [6, 6.07) is 17.7. The first-order valence-corrected chi connectivity index (χ1v) is 8.92. The fourth-order valence-corrected chi connectivity index (χ4v) is 3.09. The van der Waals surface area contributed by atoms with E-state index in [9.17, 15) is 4.79 Å². The number of carbonyl (C=O) groups excluding carboxylic acids is 1. The first kappa shape index (κ1) is 17.5. The molecule has 0 aromatic heterocycles. The third kappa shape index (κ3) is 5.06. The van der Waals surface area contributed by atoms with Crippen LogP contribution in [0.1, 0.15) is 79.8 Å². The third-order valence-electron chi connectivity index (χ3n) is 4.51. The van der Waals surface area contributed by atoms with Crippen LogP contribution in [0.4, 0.5) is 0 Å². The van der Waals surface area contributed by atoms with E-state index in [-0.39, 0.29) is 5.78 Å². The third-order valence-corrected chi connectivity index (χ3v) is 4.51. The quantitative estimate of drug-likeness (QED) is 0.388. The zero-order valence-electron chi connectivity index (χ0n) is 14.4. The standard InChI is InChI=1S/C22H28O/c1-3-4-5-6-8-13-18(2)20-16-11-12-17-21(20)22(23)19-14-9-7-10-15-19/h7,9-12,14-18H,3-6,8,13H2,1-2H3.